The topological polar surface area (TPSA) is 56.1 Å². The SMILES string of the molecule is Cc1ccc(OCC2CCN(c3nc4ccccc4n3C)C2)nn1. The van der Waals surface area contributed by atoms with Gasteiger partial charge in [-0.3, -0.25) is 0 Å². The molecule has 0 bridgehead atoms. The van der Waals surface area contributed by atoms with Crippen LogP contribution in [0.1, 0.15) is 12.1 Å². The molecule has 1 atom stereocenters. The molecule has 124 valence electrons. The van der Waals surface area contributed by atoms with Gasteiger partial charge in [-0.1, -0.05) is 12.1 Å². The van der Waals surface area contributed by atoms with Crippen LogP contribution in [-0.2, 0) is 7.05 Å². The van der Waals surface area contributed by atoms with Crippen LogP contribution in [0.2, 0.25) is 0 Å². The molecule has 1 unspecified atom stereocenters. The highest BCUT2D eigenvalue weighted by molar-refractivity contribution is 5.78. The molecule has 0 saturated carbocycles. The van der Waals surface area contributed by atoms with Crippen LogP contribution in [0.15, 0.2) is 36.4 Å². The Hall–Kier alpha value is -2.63. The van der Waals surface area contributed by atoms with Crippen LogP contribution in [0.5, 0.6) is 5.88 Å². The summed E-state index contributed by atoms with van der Waals surface area (Å²) < 4.78 is 7.96. The van der Waals surface area contributed by atoms with Gasteiger partial charge >= 0.3 is 0 Å². The van der Waals surface area contributed by atoms with Crippen molar-refractivity contribution >= 4 is 17.0 Å². The maximum absolute atomic E-state index is 5.79. The normalized spacial score (nSPS) is 17.6. The zero-order valence-corrected chi connectivity index (χ0v) is 14.0. The van der Waals surface area contributed by atoms with Crippen LogP contribution in [0, 0.1) is 12.8 Å². The molecule has 3 heterocycles. The molecule has 6 heteroatoms. The molecular formula is C18H21N5O. The number of fused-ring (bicyclic) bond motifs is 1. The third-order valence-electron chi connectivity index (χ3n) is 4.57. The van der Waals surface area contributed by atoms with Gasteiger partial charge in [0.15, 0.2) is 0 Å². The molecule has 1 aromatic carbocycles. The number of ether oxygens (including phenoxy) is 1. The summed E-state index contributed by atoms with van der Waals surface area (Å²) in [6.07, 6.45) is 1.10. The Bertz CT molecular complexity index is 842. The van der Waals surface area contributed by atoms with Gasteiger partial charge in [0.2, 0.25) is 11.8 Å². The van der Waals surface area contributed by atoms with Crippen molar-refractivity contribution in [2.75, 3.05) is 24.6 Å². The van der Waals surface area contributed by atoms with Crippen molar-refractivity contribution in [3.05, 3.63) is 42.1 Å². The molecular weight excluding hydrogens is 302 g/mol. The van der Waals surface area contributed by atoms with Crippen LogP contribution in [0.4, 0.5) is 5.95 Å². The highest BCUT2D eigenvalue weighted by Crippen LogP contribution is 2.26. The largest absolute Gasteiger partial charge is 0.476 e. The highest BCUT2D eigenvalue weighted by atomic mass is 16.5. The van der Waals surface area contributed by atoms with Gasteiger partial charge in [-0.05, 0) is 31.5 Å². The Kier molecular flexibility index (Phi) is 3.80. The summed E-state index contributed by atoms with van der Waals surface area (Å²) in [4.78, 5) is 7.12. The number of para-hydroxylation sites is 2. The molecule has 1 aliphatic heterocycles. The van der Waals surface area contributed by atoms with Crippen molar-refractivity contribution in [3.8, 4) is 5.88 Å². The average molecular weight is 323 g/mol. The summed E-state index contributed by atoms with van der Waals surface area (Å²) in [5.41, 5.74) is 3.11. The van der Waals surface area contributed by atoms with Crippen LogP contribution in [0.25, 0.3) is 11.0 Å². The van der Waals surface area contributed by atoms with Gasteiger partial charge in [-0.2, -0.15) is 5.10 Å². The van der Waals surface area contributed by atoms with Crippen molar-refractivity contribution < 1.29 is 4.74 Å². The Morgan fingerprint density at radius 2 is 2.04 bits per heavy atom. The third-order valence-corrected chi connectivity index (χ3v) is 4.57. The number of nitrogens with zero attached hydrogens (tertiary/aromatic N) is 5. The van der Waals surface area contributed by atoms with E-state index in [4.69, 9.17) is 9.72 Å². The molecule has 0 amide bonds. The lowest BCUT2D eigenvalue weighted by Crippen LogP contribution is -2.24. The number of aryl methyl sites for hydroxylation is 2. The van der Waals surface area contributed by atoms with E-state index in [9.17, 15) is 0 Å². The zero-order chi connectivity index (χ0) is 16.5. The standard InChI is InChI=1S/C18H21N5O/c1-13-7-8-17(21-20-13)24-12-14-9-10-23(11-14)18-19-15-5-3-4-6-16(15)22(18)2/h3-8,14H,9-12H2,1-2H3. The highest BCUT2D eigenvalue weighted by Gasteiger charge is 2.26. The predicted molar refractivity (Wildman–Crippen MR) is 93.3 cm³/mol. The number of aromatic nitrogens is 4. The number of anilines is 1. The van der Waals surface area contributed by atoms with Gasteiger partial charge in [0, 0.05) is 32.1 Å². The van der Waals surface area contributed by atoms with E-state index < -0.39 is 0 Å². The van der Waals surface area contributed by atoms with E-state index in [1.165, 1.54) is 5.52 Å². The number of hydrogen-bond acceptors (Lipinski definition) is 5. The predicted octanol–water partition coefficient (Wildman–Crippen LogP) is 2.58. The Labute approximate surface area is 141 Å². The molecule has 1 aliphatic rings. The van der Waals surface area contributed by atoms with E-state index in [-0.39, 0.29) is 0 Å². The van der Waals surface area contributed by atoms with E-state index in [1.807, 2.05) is 25.1 Å². The first kappa shape index (κ1) is 14.9. The second kappa shape index (κ2) is 6.11. The molecule has 2 aromatic heterocycles. The van der Waals surface area contributed by atoms with Crippen molar-refractivity contribution in [1.29, 1.82) is 0 Å². The molecule has 1 saturated heterocycles. The van der Waals surface area contributed by atoms with Gasteiger partial charge in [0.05, 0.1) is 23.3 Å². The maximum Gasteiger partial charge on any atom is 0.233 e. The first-order valence-electron chi connectivity index (χ1n) is 8.30. The van der Waals surface area contributed by atoms with Gasteiger partial charge in [0.1, 0.15) is 0 Å². The fourth-order valence-corrected chi connectivity index (χ4v) is 3.23. The number of hydrogen-bond donors (Lipinski definition) is 0. The van der Waals surface area contributed by atoms with Crippen molar-refractivity contribution in [2.24, 2.45) is 13.0 Å². The smallest absolute Gasteiger partial charge is 0.233 e. The van der Waals surface area contributed by atoms with E-state index in [0.29, 0.717) is 18.4 Å². The quantitative estimate of drug-likeness (QED) is 0.738. The molecule has 0 aliphatic carbocycles. The maximum atomic E-state index is 5.79. The Morgan fingerprint density at radius 1 is 1.17 bits per heavy atom. The minimum Gasteiger partial charge on any atom is -0.476 e. The first-order chi connectivity index (χ1) is 11.7. The molecule has 24 heavy (non-hydrogen) atoms. The van der Waals surface area contributed by atoms with Crippen molar-refractivity contribution in [1.82, 2.24) is 19.7 Å². The number of benzene rings is 1. The summed E-state index contributed by atoms with van der Waals surface area (Å²) in [5, 5.41) is 8.08. The Morgan fingerprint density at radius 3 is 2.83 bits per heavy atom. The van der Waals surface area contributed by atoms with E-state index >= 15 is 0 Å². The Balaban J connectivity index is 1.42. The summed E-state index contributed by atoms with van der Waals surface area (Å²) in [6, 6.07) is 12.0. The van der Waals surface area contributed by atoms with Crippen LogP contribution in [0.3, 0.4) is 0 Å². The molecule has 0 spiro atoms. The summed E-state index contributed by atoms with van der Waals surface area (Å²) >= 11 is 0. The van der Waals surface area contributed by atoms with Crippen molar-refractivity contribution in [2.45, 2.75) is 13.3 Å². The molecule has 0 N–H and O–H groups in total. The molecule has 6 nitrogen and oxygen atoms in total. The summed E-state index contributed by atoms with van der Waals surface area (Å²) in [5.74, 6) is 2.11. The minimum absolute atomic E-state index is 0.480. The van der Waals surface area contributed by atoms with Crippen molar-refractivity contribution in [3.63, 3.8) is 0 Å². The molecule has 0 radical (unpaired) electrons. The average Bonchev–Trinajstić information content (AvgIpc) is 3.19. The second-order valence-electron chi connectivity index (χ2n) is 6.38. The van der Waals surface area contributed by atoms with E-state index in [0.717, 1.165) is 36.7 Å². The van der Waals surface area contributed by atoms with Crippen LogP contribution in [-0.4, -0.2) is 39.4 Å². The van der Waals surface area contributed by atoms with Crippen LogP contribution >= 0.6 is 0 Å². The number of rotatable bonds is 4. The van der Waals surface area contributed by atoms with Crippen LogP contribution < -0.4 is 9.64 Å². The van der Waals surface area contributed by atoms with Gasteiger partial charge in [-0.15, -0.1) is 5.10 Å². The minimum atomic E-state index is 0.480. The summed E-state index contributed by atoms with van der Waals surface area (Å²) in [7, 11) is 2.08. The second-order valence-corrected chi connectivity index (χ2v) is 6.38. The summed E-state index contributed by atoms with van der Waals surface area (Å²) in [6.45, 7) is 4.54. The third kappa shape index (κ3) is 2.79. The van der Waals surface area contributed by atoms with Gasteiger partial charge in [-0.25, -0.2) is 4.98 Å². The first-order valence-corrected chi connectivity index (χ1v) is 8.30. The lowest BCUT2D eigenvalue weighted by Gasteiger charge is -2.17. The zero-order valence-electron chi connectivity index (χ0n) is 14.0. The fraction of sp³-hybridized carbons (Fsp3) is 0.389. The molecule has 4 rings (SSSR count). The van der Waals surface area contributed by atoms with E-state index in [1.54, 1.807) is 0 Å². The molecule has 1 fully saturated rings. The monoisotopic (exact) mass is 323 g/mol. The van der Waals surface area contributed by atoms with Gasteiger partial charge in [0.25, 0.3) is 0 Å². The lowest BCUT2D eigenvalue weighted by atomic mass is 10.1. The van der Waals surface area contributed by atoms with Gasteiger partial charge < -0.3 is 14.2 Å². The fourth-order valence-electron chi connectivity index (χ4n) is 3.23. The lowest BCUT2D eigenvalue weighted by molar-refractivity contribution is 0.249. The molecule has 3 aromatic rings. The number of imidazole rings is 1. The van der Waals surface area contributed by atoms with E-state index in [2.05, 4.69) is 44.9 Å².